The van der Waals surface area contributed by atoms with E-state index in [1.165, 1.54) is 18.9 Å². The van der Waals surface area contributed by atoms with Gasteiger partial charge in [-0.3, -0.25) is 4.79 Å². The third-order valence-corrected chi connectivity index (χ3v) is 2.58. The number of carbonyl (C=O) groups is 1. The summed E-state index contributed by atoms with van der Waals surface area (Å²) in [6.07, 6.45) is 3.89. The molecule has 1 amide bonds. The lowest BCUT2D eigenvalue weighted by Crippen LogP contribution is -2.58. The molecule has 3 nitrogen and oxygen atoms in total. The van der Waals surface area contributed by atoms with E-state index >= 15 is 0 Å². The summed E-state index contributed by atoms with van der Waals surface area (Å²) in [5, 5.41) is 0. The Bertz CT molecular complexity index is 214. The number of rotatable bonds is 5. The molecule has 78 valence electrons. The predicted molar refractivity (Wildman–Crippen MR) is 60.1 cm³/mol. The monoisotopic (exact) mass is 194 g/mol. The molecule has 1 heterocycles. The molecule has 0 radical (unpaired) electrons. The van der Waals surface area contributed by atoms with Crippen molar-refractivity contribution in [1.29, 1.82) is 0 Å². The van der Waals surface area contributed by atoms with Gasteiger partial charge in [-0.2, -0.15) is 0 Å². The van der Waals surface area contributed by atoms with Crippen molar-refractivity contribution < 1.29 is 4.79 Å². The molecule has 1 atom stereocenters. The van der Waals surface area contributed by atoms with Gasteiger partial charge in [-0.05, 0) is 6.08 Å². The van der Waals surface area contributed by atoms with E-state index in [4.69, 9.17) is 0 Å². The van der Waals surface area contributed by atoms with Gasteiger partial charge in [-0.25, -0.2) is 0 Å². The summed E-state index contributed by atoms with van der Waals surface area (Å²) in [6.45, 7) is 9.50. The van der Waals surface area contributed by atoms with Crippen LogP contribution < -0.4 is 0 Å². The molecule has 0 saturated carbocycles. The molecule has 0 spiro atoms. The highest BCUT2D eigenvalue weighted by Crippen LogP contribution is 2.16. The Morgan fingerprint density at radius 1 is 1.64 bits per heavy atom. The maximum atomic E-state index is 11.1. The van der Waals surface area contributed by atoms with Crippen molar-refractivity contribution in [2.45, 2.75) is 32.5 Å². The second kappa shape index (κ2) is 5.20. The van der Waals surface area contributed by atoms with E-state index in [2.05, 4.69) is 25.2 Å². The topological polar surface area (TPSA) is 23.6 Å². The lowest BCUT2D eigenvalue weighted by Gasteiger charge is -2.43. The molecule has 0 aromatic carbocycles. The molecule has 0 aliphatic carbocycles. The number of hydrogen-bond acceptors (Lipinski definition) is 2. The standard InChI is InChI=1S/C10H19BN2O/c1-4-6-9(3)11-13-7-12(8-13)10(14)5-2/h5,9,11H,2,4,6-8H2,1,3H3. The van der Waals surface area contributed by atoms with Gasteiger partial charge in [0.25, 0.3) is 0 Å². The molecule has 1 saturated heterocycles. The lowest BCUT2D eigenvalue weighted by atomic mass is 9.72. The molecule has 1 unspecified atom stereocenters. The number of hydrogen-bond donors (Lipinski definition) is 0. The van der Waals surface area contributed by atoms with Gasteiger partial charge in [0.2, 0.25) is 13.3 Å². The average Bonchev–Trinajstić information content (AvgIpc) is 2.10. The minimum atomic E-state index is 0.0457. The summed E-state index contributed by atoms with van der Waals surface area (Å²) in [5.74, 6) is 0.783. The van der Waals surface area contributed by atoms with Crippen LogP contribution in [0, 0.1) is 0 Å². The fourth-order valence-corrected chi connectivity index (χ4v) is 1.85. The normalized spacial score (nSPS) is 18.6. The fraction of sp³-hybridized carbons (Fsp3) is 0.700. The molecule has 1 aliphatic rings. The summed E-state index contributed by atoms with van der Waals surface area (Å²) in [4.78, 5) is 15.2. The molecule has 0 N–H and O–H groups in total. The Labute approximate surface area is 87.0 Å². The summed E-state index contributed by atoms with van der Waals surface area (Å²) >= 11 is 0. The molecular weight excluding hydrogens is 175 g/mol. The lowest BCUT2D eigenvalue weighted by molar-refractivity contribution is -0.136. The van der Waals surface area contributed by atoms with Crippen molar-refractivity contribution in [2.24, 2.45) is 0 Å². The first-order chi connectivity index (χ1) is 6.67. The third kappa shape index (κ3) is 2.87. The van der Waals surface area contributed by atoms with E-state index < -0.39 is 0 Å². The summed E-state index contributed by atoms with van der Waals surface area (Å²) < 4.78 is 0. The zero-order valence-electron chi connectivity index (χ0n) is 9.20. The van der Waals surface area contributed by atoms with E-state index in [0.29, 0.717) is 0 Å². The number of amides is 1. The van der Waals surface area contributed by atoms with Crippen molar-refractivity contribution in [3.8, 4) is 0 Å². The van der Waals surface area contributed by atoms with Crippen LogP contribution in [0.1, 0.15) is 26.7 Å². The second-order valence-electron chi connectivity index (χ2n) is 4.11. The van der Waals surface area contributed by atoms with Gasteiger partial charge in [0.15, 0.2) is 0 Å². The van der Waals surface area contributed by atoms with Crippen LogP contribution in [0.15, 0.2) is 12.7 Å². The highest BCUT2D eigenvalue weighted by Gasteiger charge is 2.27. The molecular formula is C10H19BN2O. The Morgan fingerprint density at radius 3 is 2.79 bits per heavy atom. The molecule has 1 rings (SSSR count). The van der Waals surface area contributed by atoms with Gasteiger partial charge in [-0.15, -0.1) is 0 Å². The Hall–Kier alpha value is -0.765. The first-order valence-corrected chi connectivity index (χ1v) is 5.31. The molecule has 14 heavy (non-hydrogen) atoms. The van der Waals surface area contributed by atoms with Crippen LogP contribution in [-0.4, -0.2) is 36.4 Å². The zero-order chi connectivity index (χ0) is 10.6. The van der Waals surface area contributed by atoms with E-state index in [1.807, 2.05) is 0 Å². The SMILES string of the molecule is C=CC(=O)N1CN(BC(C)CCC)C1. The largest absolute Gasteiger partial charge is 0.315 e. The molecule has 1 aliphatic heterocycles. The summed E-state index contributed by atoms with van der Waals surface area (Å²) in [5.41, 5.74) is 0. The summed E-state index contributed by atoms with van der Waals surface area (Å²) in [6, 6.07) is 0. The first kappa shape index (κ1) is 11.3. The molecule has 1 fully saturated rings. The van der Waals surface area contributed by atoms with Gasteiger partial charge < -0.3 is 9.71 Å². The van der Waals surface area contributed by atoms with Gasteiger partial charge in [0, 0.05) is 0 Å². The predicted octanol–water partition coefficient (Wildman–Crippen LogP) is 1.19. The van der Waals surface area contributed by atoms with Crippen LogP contribution in [-0.2, 0) is 4.79 Å². The first-order valence-electron chi connectivity index (χ1n) is 5.31. The van der Waals surface area contributed by atoms with Crippen LogP contribution in [0.2, 0.25) is 5.82 Å². The molecule has 0 aromatic rings. The Morgan fingerprint density at radius 2 is 2.29 bits per heavy atom. The van der Waals surface area contributed by atoms with E-state index in [1.54, 1.807) is 4.90 Å². The number of carbonyl (C=O) groups excluding carboxylic acids is 1. The third-order valence-electron chi connectivity index (χ3n) is 2.58. The van der Waals surface area contributed by atoms with Crippen molar-refractivity contribution in [3.05, 3.63) is 12.7 Å². The maximum absolute atomic E-state index is 11.1. The van der Waals surface area contributed by atoms with Crippen molar-refractivity contribution in [3.63, 3.8) is 0 Å². The van der Waals surface area contributed by atoms with Gasteiger partial charge in [-0.1, -0.05) is 39.1 Å². The van der Waals surface area contributed by atoms with Gasteiger partial charge in [0.05, 0.1) is 13.3 Å². The Kier molecular flexibility index (Phi) is 4.20. The van der Waals surface area contributed by atoms with Crippen LogP contribution in [0.5, 0.6) is 0 Å². The van der Waals surface area contributed by atoms with Crippen LogP contribution >= 0.6 is 0 Å². The second-order valence-corrected chi connectivity index (χ2v) is 4.11. The van der Waals surface area contributed by atoms with Crippen LogP contribution in [0.4, 0.5) is 0 Å². The smallest absolute Gasteiger partial charge is 0.247 e. The van der Waals surface area contributed by atoms with Gasteiger partial charge in [0.1, 0.15) is 0 Å². The fourth-order valence-electron chi connectivity index (χ4n) is 1.85. The molecule has 0 bridgehead atoms. The zero-order valence-corrected chi connectivity index (χ0v) is 9.20. The Balaban J connectivity index is 2.15. The van der Waals surface area contributed by atoms with E-state index in [9.17, 15) is 4.79 Å². The van der Waals surface area contributed by atoms with Crippen molar-refractivity contribution >= 4 is 13.3 Å². The summed E-state index contributed by atoms with van der Waals surface area (Å²) in [7, 11) is 1.11. The average molecular weight is 194 g/mol. The highest BCUT2D eigenvalue weighted by molar-refractivity contribution is 6.34. The number of nitrogens with zero attached hydrogens (tertiary/aromatic N) is 2. The minimum Gasteiger partial charge on any atom is -0.315 e. The van der Waals surface area contributed by atoms with Crippen LogP contribution in [0.3, 0.4) is 0 Å². The maximum Gasteiger partial charge on any atom is 0.247 e. The minimum absolute atomic E-state index is 0.0457. The van der Waals surface area contributed by atoms with Crippen molar-refractivity contribution in [2.75, 3.05) is 13.3 Å². The van der Waals surface area contributed by atoms with E-state index in [0.717, 1.165) is 26.6 Å². The quantitative estimate of drug-likeness (QED) is 0.484. The molecule has 4 heteroatoms. The highest BCUT2D eigenvalue weighted by atomic mass is 16.2. The van der Waals surface area contributed by atoms with Crippen LogP contribution in [0.25, 0.3) is 0 Å². The van der Waals surface area contributed by atoms with Crippen molar-refractivity contribution in [1.82, 2.24) is 9.71 Å². The molecule has 0 aromatic heterocycles. The van der Waals surface area contributed by atoms with E-state index in [-0.39, 0.29) is 5.91 Å². The van der Waals surface area contributed by atoms with Gasteiger partial charge >= 0.3 is 0 Å².